The highest BCUT2D eigenvalue weighted by Crippen LogP contribution is 2.29. The van der Waals surface area contributed by atoms with Crippen molar-refractivity contribution in [2.45, 2.75) is 6.42 Å². The summed E-state index contributed by atoms with van der Waals surface area (Å²) in [4.78, 5) is 15.4. The van der Waals surface area contributed by atoms with Gasteiger partial charge < -0.3 is 4.74 Å². The Morgan fingerprint density at radius 3 is 2.82 bits per heavy atom. The number of sulfonamides is 1. The fourth-order valence-corrected chi connectivity index (χ4v) is 2.73. The van der Waals surface area contributed by atoms with Crippen molar-refractivity contribution >= 4 is 21.7 Å². The van der Waals surface area contributed by atoms with Crippen LogP contribution in [0.15, 0.2) is 12.3 Å². The number of carbonyl (C=O) groups is 1. The van der Waals surface area contributed by atoms with E-state index >= 15 is 0 Å². The molecule has 6 nitrogen and oxygen atoms in total. The van der Waals surface area contributed by atoms with Crippen LogP contribution < -0.4 is 4.31 Å². The molecule has 2 rings (SSSR count). The van der Waals surface area contributed by atoms with Gasteiger partial charge in [-0.3, -0.25) is 9.29 Å². The van der Waals surface area contributed by atoms with Gasteiger partial charge in [0.15, 0.2) is 0 Å². The first-order chi connectivity index (χ1) is 7.93. The Labute approximate surface area is 99.3 Å². The molecule has 0 atom stereocenters. The summed E-state index contributed by atoms with van der Waals surface area (Å²) in [6.45, 7) is 0.367. The van der Waals surface area contributed by atoms with E-state index in [0.717, 1.165) is 6.26 Å². The van der Waals surface area contributed by atoms with E-state index in [-0.39, 0.29) is 5.56 Å². The number of aromatic nitrogens is 1. The highest BCUT2D eigenvalue weighted by Gasteiger charge is 2.28. The van der Waals surface area contributed by atoms with Crippen LogP contribution in [0.5, 0.6) is 0 Å². The van der Waals surface area contributed by atoms with Crippen LogP contribution in [0.25, 0.3) is 0 Å². The number of nitrogens with zero attached hydrogens (tertiary/aromatic N) is 2. The second kappa shape index (κ2) is 3.99. The predicted octanol–water partition coefficient (Wildman–Crippen LogP) is 0.190. The second-order valence-electron chi connectivity index (χ2n) is 3.77. The van der Waals surface area contributed by atoms with Crippen molar-refractivity contribution in [3.63, 3.8) is 0 Å². The molecular weight excluding hydrogens is 244 g/mol. The third kappa shape index (κ3) is 2.10. The van der Waals surface area contributed by atoms with Gasteiger partial charge in [-0.25, -0.2) is 13.2 Å². The number of carbonyl (C=O) groups excluding carboxylic acids is 1. The van der Waals surface area contributed by atoms with Crippen LogP contribution in [0.1, 0.15) is 16.1 Å². The molecule has 2 heterocycles. The molecule has 0 radical (unpaired) electrons. The third-order valence-corrected chi connectivity index (χ3v) is 3.77. The van der Waals surface area contributed by atoms with E-state index in [0.29, 0.717) is 24.3 Å². The lowest BCUT2D eigenvalue weighted by molar-refractivity contribution is 0.0600. The molecule has 1 aromatic rings. The zero-order valence-corrected chi connectivity index (χ0v) is 10.3. The summed E-state index contributed by atoms with van der Waals surface area (Å²) in [5.74, 6) is -0.527. The molecular formula is C10H12N2O4S. The molecule has 17 heavy (non-hydrogen) atoms. The van der Waals surface area contributed by atoms with Gasteiger partial charge in [-0.2, -0.15) is 0 Å². The van der Waals surface area contributed by atoms with E-state index in [2.05, 4.69) is 9.72 Å². The van der Waals surface area contributed by atoms with Crippen molar-refractivity contribution in [3.8, 4) is 0 Å². The maximum absolute atomic E-state index is 11.5. The molecule has 0 saturated heterocycles. The maximum atomic E-state index is 11.5. The van der Waals surface area contributed by atoms with E-state index in [1.54, 1.807) is 0 Å². The van der Waals surface area contributed by atoms with Crippen LogP contribution in [0.2, 0.25) is 0 Å². The Balaban J connectivity index is 2.48. The van der Waals surface area contributed by atoms with E-state index in [4.69, 9.17) is 0 Å². The van der Waals surface area contributed by atoms with Crippen molar-refractivity contribution in [3.05, 3.63) is 23.5 Å². The molecule has 7 heteroatoms. The lowest BCUT2D eigenvalue weighted by Gasteiger charge is -2.16. The average Bonchev–Trinajstić information content (AvgIpc) is 2.70. The first-order valence-electron chi connectivity index (χ1n) is 4.98. The second-order valence-corrected chi connectivity index (χ2v) is 5.67. The van der Waals surface area contributed by atoms with Gasteiger partial charge in [-0.15, -0.1) is 0 Å². The molecule has 1 aliphatic heterocycles. The van der Waals surface area contributed by atoms with Crippen LogP contribution in [0, 0.1) is 0 Å². The summed E-state index contributed by atoms with van der Waals surface area (Å²) < 4.78 is 28.9. The minimum Gasteiger partial charge on any atom is -0.465 e. The number of ether oxygens (including phenoxy) is 1. The first kappa shape index (κ1) is 11.8. The molecule has 92 valence electrons. The molecule has 1 aromatic heterocycles. The Bertz CT molecular complexity index is 568. The summed E-state index contributed by atoms with van der Waals surface area (Å²) in [6.07, 6.45) is 3.09. The first-order valence-corrected chi connectivity index (χ1v) is 6.83. The van der Waals surface area contributed by atoms with Gasteiger partial charge in [0.2, 0.25) is 10.0 Å². The zero-order valence-electron chi connectivity index (χ0n) is 9.50. The number of pyridine rings is 1. The topological polar surface area (TPSA) is 76.6 Å². The molecule has 0 bridgehead atoms. The number of fused-ring (bicyclic) bond motifs is 1. The van der Waals surface area contributed by atoms with Crippen molar-refractivity contribution in [2.24, 2.45) is 0 Å². The average molecular weight is 256 g/mol. The molecule has 0 amide bonds. The Morgan fingerprint density at radius 2 is 2.24 bits per heavy atom. The fraction of sp³-hybridized carbons (Fsp3) is 0.400. The quantitative estimate of drug-likeness (QED) is 0.706. The number of rotatable bonds is 2. The number of hydrogen-bond acceptors (Lipinski definition) is 5. The predicted molar refractivity (Wildman–Crippen MR) is 61.5 cm³/mol. The largest absolute Gasteiger partial charge is 0.465 e. The van der Waals surface area contributed by atoms with Gasteiger partial charge in [-0.1, -0.05) is 0 Å². The van der Waals surface area contributed by atoms with Crippen molar-refractivity contribution in [1.29, 1.82) is 0 Å². The fourth-order valence-electron chi connectivity index (χ4n) is 1.79. The monoisotopic (exact) mass is 256 g/mol. The molecule has 1 aliphatic rings. The number of hydrogen-bond donors (Lipinski definition) is 0. The summed E-state index contributed by atoms with van der Waals surface area (Å²) in [6, 6.07) is 1.50. The number of methoxy groups -OCH3 is 1. The Morgan fingerprint density at radius 1 is 1.53 bits per heavy atom. The zero-order chi connectivity index (χ0) is 12.6. The van der Waals surface area contributed by atoms with Crippen molar-refractivity contribution < 1.29 is 17.9 Å². The normalized spacial score (nSPS) is 14.6. The van der Waals surface area contributed by atoms with Crippen LogP contribution in [-0.4, -0.2) is 39.3 Å². The van der Waals surface area contributed by atoms with Gasteiger partial charge in [-0.05, 0) is 6.07 Å². The van der Waals surface area contributed by atoms with Crippen LogP contribution in [-0.2, 0) is 21.2 Å². The van der Waals surface area contributed by atoms with Crippen LogP contribution in [0.4, 0.5) is 5.69 Å². The van der Waals surface area contributed by atoms with Crippen LogP contribution >= 0.6 is 0 Å². The van der Waals surface area contributed by atoms with Gasteiger partial charge >= 0.3 is 5.97 Å². The molecule has 0 spiro atoms. The van der Waals surface area contributed by atoms with E-state index in [9.17, 15) is 13.2 Å². The SMILES string of the molecule is COC(=O)c1cnc2c(c1)N(S(C)(=O)=O)CC2. The van der Waals surface area contributed by atoms with Gasteiger partial charge in [0.05, 0.1) is 30.3 Å². The Kier molecular flexibility index (Phi) is 2.78. The molecule has 0 N–H and O–H groups in total. The highest BCUT2D eigenvalue weighted by molar-refractivity contribution is 7.92. The van der Waals surface area contributed by atoms with E-state index < -0.39 is 16.0 Å². The third-order valence-electron chi connectivity index (χ3n) is 2.59. The van der Waals surface area contributed by atoms with Gasteiger partial charge in [0, 0.05) is 19.2 Å². The molecule has 0 saturated carbocycles. The minimum absolute atomic E-state index is 0.252. The van der Waals surface area contributed by atoms with E-state index in [1.165, 1.54) is 23.7 Å². The molecule has 0 aliphatic carbocycles. The number of anilines is 1. The van der Waals surface area contributed by atoms with Gasteiger partial charge in [0.25, 0.3) is 0 Å². The highest BCUT2D eigenvalue weighted by atomic mass is 32.2. The van der Waals surface area contributed by atoms with Gasteiger partial charge in [0.1, 0.15) is 0 Å². The standard InChI is InChI=1S/C10H12N2O4S/c1-16-10(13)7-5-9-8(11-6-7)3-4-12(9)17(2,14)15/h5-6H,3-4H2,1-2H3. The smallest absolute Gasteiger partial charge is 0.339 e. The molecule has 0 unspecified atom stereocenters. The van der Waals surface area contributed by atoms with Crippen molar-refractivity contribution in [2.75, 3.05) is 24.2 Å². The Hall–Kier alpha value is -1.63. The van der Waals surface area contributed by atoms with Crippen LogP contribution in [0.3, 0.4) is 0 Å². The lowest BCUT2D eigenvalue weighted by atomic mass is 10.2. The molecule has 0 aromatic carbocycles. The van der Waals surface area contributed by atoms with E-state index in [1.807, 2.05) is 0 Å². The maximum Gasteiger partial charge on any atom is 0.339 e. The minimum atomic E-state index is -3.32. The lowest BCUT2D eigenvalue weighted by Crippen LogP contribution is -2.27. The summed E-state index contributed by atoms with van der Waals surface area (Å²) in [7, 11) is -2.06. The van der Waals surface area contributed by atoms with Crippen molar-refractivity contribution in [1.82, 2.24) is 4.98 Å². The number of esters is 1. The summed E-state index contributed by atoms with van der Waals surface area (Å²) in [5, 5.41) is 0. The summed E-state index contributed by atoms with van der Waals surface area (Å²) >= 11 is 0. The summed E-state index contributed by atoms with van der Waals surface area (Å²) in [5.41, 5.74) is 1.40. The molecule has 0 fully saturated rings.